The maximum absolute atomic E-state index is 6.27. The van der Waals surface area contributed by atoms with Crippen LogP contribution in [0.25, 0.3) is 0 Å². The average molecular weight is 218 g/mol. The van der Waals surface area contributed by atoms with Crippen LogP contribution in [0.3, 0.4) is 0 Å². The average Bonchev–Trinajstić information content (AvgIpc) is 2.88. The number of hydrogen-bond donors (Lipinski definition) is 1. The molecule has 2 N–H and O–H groups in total. The molecule has 2 aliphatic carbocycles. The van der Waals surface area contributed by atoms with E-state index in [1.165, 1.54) is 37.1 Å². The second-order valence-corrected chi connectivity index (χ2v) is 6.47. The number of nitrogens with two attached hydrogens (primary N) is 1. The Labute approximate surface area is 97.8 Å². The van der Waals surface area contributed by atoms with Crippen LogP contribution >= 0.6 is 0 Å². The molecule has 1 aromatic heterocycles. The first-order valence-electron chi connectivity index (χ1n) is 6.49. The smallest absolute Gasteiger partial charge is 0.0318 e. The Kier molecular flexibility index (Phi) is 2.19. The summed E-state index contributed by atoms with van der Waals surface area (Å²) in [5.41, 5.74) is 9.55. The first-order valence-corrected chi connectivity index (χ1v) is 6.49. The van der Waals surface area contributed by atoms with Crippen LogP contribution in [0, 0.1) is 11.3 Å². The van der Waals surface area contributed by atoms with E-state index in [0.717, 1.165) is 12.3 Å². The van der Waals surface area contributed by atoms with Gasteiger partial charge in [0.15, 0.2) is 0 Å². The highest BCUT2D eigenvalue weighted by atomic mass is 15.0. The summed E-state index contributed by atoms with van der Waals surface area (Å²) in [6.07, 6.45) is 7.40. The van der Waals surface area contributed by atoms with Crippen molar-refractivity contribution in [2.24, 2.45) is 17.1 Å². The normalized spacial score (nSPS) is 27.8. The Hall–Kier alpha value is -0.760. The van der Waals surface area contributed by atoms with Gasteiger partial charge in [-0.05, 0) is 48.6 Å². The number of nitrogens with zero attached hydrogens (tertiary/aromatic N) is 1. The lowest BCUT2D eigenvalue weighted by Gasteiger charge is -2.34. The largest absolute Gasteiger partial charge is 0.351 e. The molecule has 3 rings (SSSR count). The molecule has 1 atom stereocenters. The van der Waals surface area contributed by atoms with Crippen molar-refractivity contribution in [2.75, 3.05) is 0 Å². The van der Waals surface area contributed by atoms with Gasteiger partial charge in [0, 0.05) is 24.5 Å². The quantitative estimate of drug-likeness (QED) is 0.813. The lowest BCUT2D eigenvalue weighted by atomic mass is 9.74. The number of fused-ring (bicyclic) bond motifs is 1. The Bertz CT molecular complexity index is 399. The molecule has 0 aromatic carbocycles. The highest BCUT2D eigenvalue weighted by Crippen LogP contribution is 2.41. The summed E-state index contributed by atoms with van der Waals surface area (Å²) < 4.78 is 2.47. The number of rotatable bonds is 2. The molecular formula is C14H22N2. The van der Waals surface area contributed by atoms with Gasteiger partial charge in [-0.25, -0.2) is 0 Å². The van der Waals surface area contributed by atoms with Crippen LogP contribution in [0.4, 0.5) is 0 Å². The first-order chi connectivity index (χ1) is 7.55. The maximum atomic E-state index is 6.27. The van der Waals surface area contributed by atoms with Gasteiger partial charge in [0.1, 0.15) is 0 Å². The van der Waals surface area contributed by atoms with Gasteiger partial charge in [0.2, 0.25) is 0 Å². The zero-order valence-corrected chi connectivity index (χ0v) is 10.4. The summed E-state index contributed by atoms with van der Waals surface area (Å²) in [5.74, 6) is 0.942. The Morgan fingerprint density at radius 2 is 2.19 bits per heavy atom. The summed E-state index contributed by atoms with van der Waals surface area (Å²) in [4.78, 5) is 0. The van der Waals surface area contributed by atoms with Crippen LogP contribution in [-0.2, 0) is 13.0 Å². The third kappa shape index (κ3) is 1.80. The van der Waals surface area contributed by atoms with Crippen molar-refractivity contribution in [2.45, 2.75) is 52.1 Å². The highest BCUT2D eigenvalue weighted by Gasteiger charge is 2.33. The van der Waals surface area contributed by atoms with Gasteiger partial charge in [-0.2, -0.15) is 0 Å². The summed E-state index contributed by atoms with van der Waals surface area (Å²) >= 11 is 0. The fraction of sp³-hybridized carbons (Fsp3) is 0.714. The summed E-state index contributed by atoms with van der Waals surface area (Å²) in [7, 11) is 0. The topological polar surface area (TPSA) is 30.9 Å². The van der Waals surface area contributed by atoms with Gasteiger partial charge in [-0.1, -0.05) is 13.8 Å². The van der Waals surface area contributed by atoms with Crippen molar-refractivity contribution in [1.82, 2.24) is 4.57 Å². The van der Waals surface area contributed by atoms with E-state index in [1.807, 2.05) is 0 Å². The van der Waals surface area contributed by atoms with Gasteiger partial charge in [-0.15, -0.1) is 0 Å². The molecule has 0 spiro atoms. The molecule has 0 bridgehead atoms. The predicted octanol–water partition coefficient (Wildman–Crippen LogP) is 2.87. The summed E-state index contributed by atoms with van der Waals surface area (Å²) in [6.45, 7) is 5.90. The Morgan fingerprint density at radius 1 is 1.44 bits per heavy atom. The molecule has 1 saturated carbocycles. The molecule has 1 heterocycles. The minimum absolute atomic E-state index is 0.249. The lowest BCUT2D eigenvalue weighted by Crippen LogP contribution is -2.30. The van der Waals surface area contributed by atoms with E-state index in [2.05, 4.69) is 30.7 Å². The molecule has 2 nitrogen and oxygen atoms in total. The van der Waals surface area contributed by atoms with Crippen LogP contribution < -0.4 is 5.73 Å². The van der Waals surface area contributed by atoms with Crippen LogP contribution in [0.1, 0.15) is 50.4 Å². The molecule has 0 radical (unpaired) electrons. The van der Waals surface area contributed by atoms with Crippen LogP contribution in [0.5, 0.6) is 0 Å². The zero-order valence-electron chi connectivity index (χ0n) is 10.4. The van der Waals surface area contributed by atoms with Crippen molar-refractivity contribution in [1.29, 1.82) is 0 Å². The molecule has 0 saturated heterocycles. The van der Waals surface area contributed by atoms with Crippen molar-refractivity contribution >= 4 is 0 Å². The fourth-order valence-electron chi connectivity index (χ4n) is 3.04. The summed E-state index contributed by atoms with van der Waals surface area (Å²) in [6, 6.07) is 2.50. The molecule has 1 fully saturated rings. The second-order valence-electron chi connectivity index (χ2n) is 6.47. The van der Waals surface area contributed by atoms with Gasteiger partial charge >= 0.3 is 0 Å². The second kappa shape index (κ2) is 3.36. The standard InChI is InChI=1S/C14H22N2/c1-14(2)7-12(15)11-5-6-16(13(11)8-14)9-10-3-4-10/h5-6,10,12H,3-4,7-9,15H2,1-2H3. The number of aromatic nitrogens is 1. The van der Waals surface area contributed by atoms with E-state index < -0.39 is 0 Å². The molecule has 0 amide bonds. The molecule has 16 heavy (non-hydrogen) atoms. The van der Waals surface area contributed by atoms with E-state index in [1.54, 1.807) is 0 Å². The van der Waals surface area contributed by atoms with Crippen molar-refractivity contribution in [3.63, 3.8) is 0 Å². The zero-order chi connectivity index (χ0) is 11.3. The third-order valence-electron chi connectivity index (χ3n) is 4.08. The summed E-state index contributed by atoms with van der Waals surface area (Å²) in [5, 5.41) is 0. The Morgan fingerprint density at radius 3 is 2.88 bits per heavy atom. The monoisotopic (exact) mass is 218 g/mol. The first kappa shape index (κ1) is 10.4. The van der Waals surface area contributed by atoms with E-state index in [4.69, 9.17) is 5.73 Å². The molecule has 0 aliphatic heterocycles. The molecular weight excluding hydrogens is 196 g/mol. The van der Waals surface area contributed by atoms with Crippen molar-refractivity contribution in [3.05, 3.63) is 23.5 Å². The highest BCUT2D eigenvalue weighted by molar-refractivity contribution is 5.30. The van der Waals surface area contributed by atoms with E-state index in [0.29, 0.717) is 5.41 Å². The SMILES string of the molecule is CC1(C)Cc2c(ccn2CC2CC2)C(N)C1. The molecule has 2 heteroatoms. The third-order valence-corrected chi connectivity index (χ3v) is 4.08. The van der Waals surface area contributed by atoms with Gasteiger partial charge in [0.05, 0.1) is 0 Å². The van der Waals surface area contributed by atoms with Gasteiger partial charge in [-0.3, -0.25) is 0 Å². The molecule has 1 unspecified atom stereocenters. The maximum Gasteiger partial charge on any atom is 0.0318 e. The van der Waals surface area contributed by atoms with Crippen LogP contribution in [0.2, 0.25) is 0 Å². The van der Waals surface area contributed by atoms with Crippen molar-refractivity contribution in [3.8, 4) is 0 Å². The molecule has 1 aromatic rings. The lowest BCUT2D eigenvalue weighted by molar-refractivity contribution is 0.274. The van der Waals surface area contributed by atoms with E-state index >= 15 is 0 Å². The van der Waals surface area contributed by atoms with E-state index in [-0.39, 0.29) is 6.04 Å². The predicted molar refractivity (Wildman–Crippen MR) is 66.2 cm³/mol. The minimum atomic E-state index is 0.249. The molecule has 88 valence electrons. The minimum Gasteiger partial charge on any atom is -0.351 e. The van der Waals surface area contributed by atoms with Crippen molar-refractivity contribution < 1.29 is 0 Å². The van der Waals surface area contributed by atoms with E-state index in [9.17, 15) is 0 Å². The van der Waals surface area contributed by atoms with Crippen LogP contribution in [-0.4, -0.2) is 4.57 Å². The van der Waals surface area contributed by atoms with Crippen LogP contribution in [0.15, 0.2) is 12.3 Å². The fourth-order valence-corrected chi connectivity index (χ4v) is 3.04. The van der Waals surface area contributed by atoms with Gasteiger partial charge in [0.25, 0.3) is 0 Å². The van der Waals surface area contributed by atoms with Gasteiger partial charge < -0.3 is 10.3 Å². The Balaban J connectivity index is 1.92. The number of hydrogen-bond acceptors (Lipinski definition) is 1. The molecule has 2 aliphatic rings.